The molecule has 2 heterocycles. The molecule has 2 aromatic rings. The molecular formula is C15H20N4O2. The molecule has 6 nitrogen and oxygen atoms in total. The molecule has 1 aliphatic rings. The van der Waals surface area contributed by atoms with Gasteiger partial charge in [-0.25, -0.2) is 4.79 Å². The summed E-state index contributed by atoms with van der Waals surface area (Å²) in [5, 5.41) is 10.2. The van der Waals surface area contributed by atoms with Crippen molar-refractivity contribution in [3.05, 3.63) is 42.6 Å². The molecule has 21 heavy (non-hydrogen) atoms. The molecule has 1 aliphatic carbocycles. The lowest BCUT2D eigenvalue weighted by Crippen LogP contribution is -2.43. The van der Waals surface area contributed by atoms with Gasteiger partial charge in [-0.1, -0.05) is 12.8 Å². The molecular weight excluding hydrogens is 268 g/mol. The predicted molar refractivity (Wildman–Crippen MR) is 77.9 cm³/mol. The second-order valence-corrected chi connectivity index (χ2v) is 5.35. The normalized spacial score (nSPS) is 16.8. The van der Waals surface area contributed by atoms with Crippen molar-refractivity contribution in [1.82, 2.24) is 20.4 Å². The standard InChI is InChI=1S/C15H20N4O2/c20-15(18-12-5-1-2-6-12)16-11-13(14-7-3-10-21-14)19-9-4-8-17-19/h3-4,7-10,12-13H,1-2,5-6,11H2,(H2,16,18,20). The Labute approximate surface area is 123 Å². The lowest BCUT2D eigenvalue weighted by molar-refractivity contribution is 0.235. The van der Waals surface area contributed by atoms with Crippen LogP contribution >= 0.6 is 0 Å². The van der Waals surface area contributed by atoms with Gasteiger partial charge in [-0.2, -0.15) is 5.10 Å². The zero-order valence-electron chi connectivity index (χ0n) is 11.9. The average Bonchev–Trinajstić information content (AvgIpc) is 3.23. The van der Waals surface area contributed by atoms with E-state index < -0.39 is 0 Å². The Balaban J connectivity index is 1.58. The molecule has 1 unspecified atom stereocenters. The van der Waals surface area contributed by atoms with E-state index in [2.05, 4.69) is 15.7 Å². The summed E-state index contributed by atoms with van der Waals surface area (Å²) in [7, 11) is 0. The van der Waals surface area contributed by atoms with Crippen LogP contribution in [0, 0.1) is 0 Å². The fraction of sp³-hybridized carbons (Fsp3) is 0.467. The third-order valence-electron chi connectivity index (χ3n) is 3.86. The van der Waals surface area contributed by atoms with Gasteiger partial charge in [0.1, 0.15) is 11.8 Å². The third-order valence-corrected chi connectivity index (χ3v) is 3.86. The van der Waals surface area contributed by atoms with Crippen molar-refractivity contribution in [2.45, 2.75) is 37.8 Å². The second kappa shape index (κ2) is 6.47. The third kappa shape index (κ3) is 3.45. The van der Waals surface area contributed by atoms with E-state index in [9.17, 15) is 4.79 Å². The van der Waals surface area contributed by atoms with Crippen LogP contribution in [0.25, 0.3) is 0 Å². The van der Waals surface area contributed by atoms with E-state index in [1.807, 2.05) is 24.4 Å². The SMILES string of the molecule is O=C(NCC(c1ccco1)n1cccn1)NC1CCCC1. The minimum absolute atomic E-state index is 0.120. The molecule has 1 atom stereocenters. The quantitative estimate of drug-likeness (QED) is 0.886. The van der Waals surface area contributed by atoms with Gasteiger partial charge in [-0.3, -0.25) is 4.68 Å². The first-order valence-electron chi connectivity index (χ1n) is 7.40. The number of nitrogens with zero attached hydrogens (tertiary/aromatic N) is 2. The molecule has 2 N–H and O–H groups in total. The Bertz CT molecular complexity index is 510. The zero-order chi connectivity index (χ0) is 14.5. The number of aromatic nitrogens is 2. The number of rotatable bonds is 5. The van der Waals surface area contributed by atoms with Crippen LogP contribution in [-0.2, 0) is 0 Å². The van der Waals surface area contributed by atoms with Crippen LogP contribution in [0.5, 0.6) is 0 Å². The van der Waals surface area contributed by atoms with Crippen molar-refractivity contribution in [2.75, 3.05) is 6.54 Å². The molecule has 112 valence electrons. The van der Waals surface area contributed by atoms with Gasteiger partial charge in [0.15, 0.2) is 0 Å². The summed E-state index contributed by atoms with van der Waals surface area (Å²) >= 11 is 0. The maximum absolute atomic E-state index is 12.0. The van der Waals surface area contributed by atoms with Crippen LogP contribution in [0.2, 0.25) is 0 Å². The van der Waals surface area contributed by atoms with E-state index in [0.717, 1.165) is 18.6 Å². The van der Waals surface area contributed by atoms with E-state index in [0.29, 0.717) is 12.6 Å². The van der Waals surface area contributed by atoms with Gasteiger partial charge in [0.05, 0.1) is 6.26 Å². The maximum Gasteiger partial charge on any atom is 0.315 e. The lowest BCUT2D eigenvalue weighted by Gasteiger charge is -2.18. The number of hydrogen-bond acceptors (Lipinski definition) is 3. The largest absolute Gasteiger partial charge is 0.467 e. The Hall–Kier alpha value is -2.24. The number of hydrogen-bond donors (Lipinski definition) is 2. The Morgan fingerprint density at radius 3 is 2.95 bits per heavy atom. The lowest BCUT2D eigenvalue weighted by atomic mass is 10.2. The highest BCUT2D eigenvalue weighted by Crippen LogP contribution is 2.18. The smallest absolute Gasteiger partial charge is 0.315 e. The highest BCUT2D eigenvalue weighted by molar-refractivity contribution is 5.74. The van der Waals surface area contributed by atoms with Gasteiger partial charge in [-0.05, 0) is 31.0 Å². The highest BCUT2D eigenvalue weighted by atomic mass is 16.3. The molecule has 3 rings (SSSR count). The monoisotopic (exact) mass is 288 g/mol. The van der Waals surface area contributed by atoms with Crippen molar-refractivity contribution in [1.29, 1.82) is 0 Å². The molecule has 0 aliphatic heterocycles. The first-order chi connectivity index (χ1) is 10.3. The van der Waals surface area contributed by atoms with Crippen LogP contribution in [0.3, 0.4) is 0 Å². The van der Waals surface area contributed by atoms with Crippen LogP contribution in [0.4, 0.5) is 4.79 Å². The summed E-state index contributed by atoms with van der Waals surface area (Å²) in [6, 6.07) is 5.65. The number of urea groups is 1. The Morgan fingerprint density at radius 1 is 1.43 bits per heavy atom. The van der Waals surface area contributed by atoms with Crippen molar-refractivity contribution >= 4 is 6.03 Å². The second-order valence-electron chi connectivity index (χ2n) is 5.35. The van der Waals surface area contributed by atoms with Crippen molar-refractivity contribution < 1.29 is 9.21 Å². The zero-order valence-corrected chi connectivity index (χ0v) is 11.9. The summed E-state index contributed by atoms with van der Waals surface area (Å²) in [6.45, 7) is 0.438. The van der Waals surface area contributed by atoms with Gasteiger partial charge in [0.25, 0.3) is 0 Å². The van der Waals surface area contributed by atoms with Crippen LogP contribution in [0.1, 0.15) is 37.5 Å². The number of nitrogens with one attached hydrogen (secondary N) is 2. The first kappa shape index (κ1) is 13.7. The van der Waals surface area contributed by atoms with Crippen molar-refractivity contribution in [3.63, 3.8) is 0 Å². The van der Waals surface area contributed by atoms with Gasteiger partial charge in [0, 0.05) is 25.0 Å². The summed E-state index contributed by atoms with van der Waals surface area (Å²) < 4.78 is 7.24. The topological polar surface area (TPSA) is 72.1 Å². The van der Waals surface area contributed by atoms with Crippen LogP contribution in [0.15, 0.2) is 41.3 Å². The molecule has 6 heteroatoms. The molecule has 1 saturated carbocycles. The molecule has 0 saturated heterocycles. The van der Waals surface area contributed by atoms with Gasteiger partial charge >= 0.3 is 6.03 Å². The first-order valence-corrected chi connectivity index (χ1v) is 7.40. The minimum atomic E-state index is -0.135. The molecule has 2 aromatic heterocycles. The minimum Gasteiger partial charge on any atom is -0.467 e. The number of carbonyl (C=O) groups is 1. The van der Waals surface area contributed by atoms with E-state index in [4.69, 9.17) is 4.42 Å². The Morgan fingerprint density at radius 2 is 2.29 bits per heavy atom. The van der Waals surface area contributed by atoms with Crippen LogP contribution < -0.4 is 10.6 Å². The molecule has 0 radical (unpaired) electrons. The summed E-state index contributed by atoms with van der Waals surface area (Å²) in [4.78, 5) is 12.0. The highest BCUT2D eigenvalue weighted by Gasteiger charge is 2.20. The van der Waals surface area contributed by atoms with Crippen molar-refractivity contribution in [3.8, 4) is 0 Å². The predicted octanol–water partition coefficient (Wildman–Crippen LogP) is 2.31. The summed E-state index contributed by atoms with van der Waals surface area (Å²) in [6.07, 6.45) is 9.77. The van der Waals surface area contributed by atoms with E-state index in [-0.39, 0.29) is 12.1 Å². The average molecular weight is 288 g/mol. The number of carbonyl (C=O) groups excluding carboxylic acids is 1. The number of amides is 2. The molecule has 0 aromatic carbocycles. The molecule has 1 fully saturated rings. The van der Waals surface area contributed by atoms with E-state index >= 15 is 0 Å². The van der Waals surface area contributed by atoms with Gasteiger partial charge < -0.3 is 15.1 Å². The number of furan rings is 1. The van der Waals surface area contributed by atoms with Crippen molar-refractivity contribution in [2.24, 2.45) is 0 Å². The van der Waals surface area contributed by atoms with Gasteiger partial charge in [-0.15, -0.1) is 0 Å². The Kier molecular flexibility index (Phi) is 4.23. The maximum atomic E-state index is 12.0. The molecule has 2 amide bonds. The van der Waals surface area contributed by atoms with E-state index in [1.165, 1.54) is 12.8 Å². The van der Waals surface area contributed by atoms with Crippen LogP contribution in [-0.4, -0.2) is 28.4 Å². The molecule has 0 spiro atoms. The fourth-order valence-electron chi connectivity index (χ4n) is 2.77. The van der Waals surface area contributed by atoms with Gasteiger partial charge in [0.2, 0.25) is 0 Å². The summed E-state index contributed by atoms with van der Waals surface area (Å²) in [5.41, 5.74) is 0. The summed E-state index contributed by atoms with van der Waals surface area (Å²) in [5.74, 6) is 0.778. The molecule has 0 bridgehead atoms. The fourth-order valence-corrected chi connectivity index (χ4v) is 2.77. The van der Waals surface area contributed by atoms with E-state index in [1.54, 1.807) is 17.1 Å².